The van der Waals surface area contributed by atoms with E-state index in [9.17, 15) is 9.18 Å². The minimum absolute atomic E-state index is 0. The predicted octanol–water partition coefficient (Wildman–Crippen LogP) is 3.06. The van der Waals surface area contributed by atoms with E-state index in [-0.39, 0.29) is 42.6 Å². The van der Waals surface area contributed by atoms with Gasteiger partial charge in [-0.3, -0.25) is 4.79 Å². The number of likely N-dealkylation sites (N-methyl/N-ethyl adjacent to an activating group) is 1. The van der Waals surface area contributed by atoms with Gasteiger partial charge in [0.15, 0.2) is 0 Å². The van der Waals surface area contributed by atoms with E-state index in [1.807, 2.05) is 0 Å². The Labute approximate surface area is 180 Å². The number of amides is 1. The predicted molar refractivity (Wildman–Crippen MR) is 117 cm³/mol. The van der Waals surface area contributed by atoms with Crippen molar-refractivity contribution in [3.05, 3.63) is 29.6 Å². The second-order valence-corrected chi connectivity index (χ2v) is 7.45. The average Bonchev–Trinajstić information content (AvgIpc) is 2.68. The second-order valence-electron chi connectivity index (χ2n) is 7.45. The maximum Gasteiger partial charge on any atom is 0.251 e. The zero-order valence-electron chi connectivity index (χ0n) is 16.5. The molecule has 2 fully saturated rings. The van der Waals surface area contributed by atoms with Gasteiger partial charge in [-0.15, -0.1) is 24.8 Å². The van der Waals surface area contributed by atoms with Crippen LogP contribution in [0.15, 0.2) is 18.2 Å². The van der Waals surface area contributed by atoms with Crippen LogP contribution in [0.5, 0.6) is 0 Å². The zero-order valence-corrected chi connectivity index (χ0v) is 18.2. The third-order valence-corrected chi connectivity index (χ3v) is 5.90. The molecule has 2 aliphatic rings. The molecule has 8 heteroatoms. The van der Waals surface area contributed by atoms with Crippen LogP contribution in [-0.4, -0.2) is 56.1 Å². The molecule has 1 aliphatic carbocycles. The Balaban J connectivity index is 0.00000196. The molecular weight excluding hydrogens is 402 g/mol. The second kappa shape index (κ2) is 11.8. The lowest BCUT2D eigenvalue weighted by molar-refractivity contribution is 0.0907. The summed E-state index contributed by atoms with van der Waals surface area (Å²) in [7, 11) is 0. The first-order valence-corrected chi connectivity index (χ1v) is 9.90. The van der Waals surface area contributed by atoms with Gasteiger partial charge in [0.2, 0.25) is 0 Å². The highest BCUT2D eigenvalue weighted by Gasteiger charge is 2.26. The topological polar surface area (TPSA) is 61.6 Å². The fourth-order valence-electron chi connectivity index (χ4n) is 4.14. The zero-order chi connectivity index (χ0) is 18.5. The maximum atomic E-state index is 14.6. The summed E-state index contributed by atoms with van der Waals surface area (Å²) in [5.41, 5.74) is 6.82. The van der Waals surface area contributed by atoms with E-state index in [0.29, 0.717) is 23.7 Å². The molecule has 1 aromatic rings. The van der Waals surface area contributed by atoms with E-state index in [1.54, 1.807) is 12.1 Å². The molecule has 28 heavy (non-hydrogen) atoms. The molecule has 3 rings (SSSR count). The van der Waals surface area contributed by atoms with E-state index >= 15 is 0 Å². The number of piperazine rings is 1. The standard InChI is InChI=1S/C20H31FN4O.2ClH/c1-2-24-9-11-25(12-10-24)19-8-7-15(13-17(19)21)20(26)23-18-6-4-3-5-16(18)14-22;;/h7-8,13,16,18H,2-6,9-12,14,22H2,1H3,(H,23,26);2*1H. The number of carbonyl (C=O) groups excluding carboxylic acids is 1. The van der Waals surface area contributed by atoms with Crippen LogP contribution in [0.4, 0.5) is 10.1 Å². The lowest BCUT2D eigenvalue weighted by Gasteiger charge is -2.35. The van der Waals surface area contributed by atoms with E-state index in [4.69, 9.17) is 5.73 Å². The van der Waals surface area contributed by atoms with Gasteiger partial charge in [0.25, 0.3) is 5.91 Å². The van der Waals surface area contributed by atoms with Gasteiger partial charge in [-0.05, 0) is 50.0 Å². The quantitative estimate of drug-likeness (QED) is 0.747. The normalized spacial score (nSPS) is 22.8. The number of nitrogens with zero attached hydrogens (tertiary/aromatic N) is 2. The smallest absolute Gasteiger partial charge is 0.251 e. The molecule has 1 aromatic carbocycles. The number of halogens is 3. The summed E-state index contributed by atoms with van der Waals surface area (Å²) in [5, 5.41) is 3.07. The van der Waals surface area contributed by atoms with Crippen LogP contribution in [0.25, 0.3) is 0 Å². The van der Waals surface area contributed by atoms with E-state index in [2.05, 4.69) is 22.0 Å². The molecule has 160 valence electrons. The molecule has 1 amide bonds. The SMILES string of the molecule is CCN1CCN(c2ccc(C(=O)NC3CCCCC3CN)cc2F)CC1.Cl.Cl. The summed E-state index contributed by atoms with van der Waals surface area (Å²) in [6, 6.07) is 4.95. The minimum Gasteiger partial charge on any atom is -0.367 e. The summed E-state index contributed by atoms with van der Waals surface area (Å²) in [6.45, 7) is 7.28. The summed E-state index contributed by atoms with van der Waals surface area (Å²) >= 11 is 0. The molecular formula is C20H33Cl2FN4O. The van der Waals surface area contributed by atoms with Crippen molar-refractivity contribution in [2.75, 3.05) is 44.2 Å². The van der Waals surface area contributed by atoms with Gasteiger partial charge < -0.3 is 20.9 Å². The number of carbonyl (C=O) groups is 1. The molecule has 2 atom stereocenters. The molecule has 1 saturated carbocycles. The van der Waals surface area contributed by atoms with Crippen LogP contribution in [0, 0.1) is 11.7 Å². The Bertz CT molecular complexity index is 626. The van der Waals surface area contributed by atoms with Crippen molar-refractivity contribution in [1.82, 2.24) is 10.2 Å². The molecule has 3 N–H and O–H groups in total. The van der Waals surface area contributed by atoms with E-state index < -0.39 is 0 Å². The van der Waals surface area contributed by atoms with E-state index in [1.165, 1.54) is 12.5 Å². The molecule has 1 heterocycles. The number of hydrogen-bond acceptors (Lipinski definition) is 4. The van der Waals surface area contributed by atoms with Crippen LogP contribution in [0.3, 0.4) is 0 Å². The highest BCUT2D eigenvalue weighted by molar-refractivity contribution is 5.94. The Kier molecular flexibility index (Phi) is 10.5. The van der Waals surface area contributed by atoms with Gasteiger partial charge in [0, 0.05) is 37.8 Å². The third-order valence-electron chi connectivity index (χ3n) is 5.90. The number of nitrogens with one attached hydrogen (secondary N) is 1. The summed E-state index contributed by atoms with van der Waals surface area (Å²) in [4.78, 5) is 17.0. The van der Waals surface area contributed by atoms with Crippen LogP contribution in [0.2, 0.25) is 0 Å². The lowest BCUT2D eigenvalue weighted by Crippen LogP contribution is -2.46. The van der Waals surface area contributed by atoms with Crippen molar-refractivity contribution in [1.29, 1.82) is 0 Å². The molecule has 1 saturated heterocycles. The highest BCUT2D eigenvalue weighted by Crippen LogP contribution is 2.25. The van der Waals surface area contributed by atoms with E-state index in [0.717, 1.165) is 52.0 Å². The summed E-state index contributed by atoms with van der Waals surface area (Å²) in [5.74, 6) is -0.190. The first-order chi connectivity index (χ1) is 12.6. The van der Waals surface area contributed by atoms with Crippen molar-refractivity contribution >= 4 is 36.4 Å². The highest BCUT2D eigenvalue weighted by atomic mass is 35.5. The number of nitrogens with two attached hydrogens (primary N) is 1. The van der Waals surface area contributed by atoms with Crippen molar-refractivity contribution < 1.29 is 9.18 Å². The van der Waals surface area contributed by atoms with Gasteiger partial charge in [0.05, 0.1) is 5.69 Å². The molecule has 1 aliphatic heterocycles. The lowest BCUT2D eigenvalue weighted by atomic mass is 9.84. The fourth-order valence-corrected chi connectivity index (χ4v) is 4.14. The van der Waals surface area contributed by atoms with Gasteiger partial charge in [-0.25, -0.2) is 4.39 Å². The largest absolute Gasteiger partial charge is 0.367 e. The van der Waals surface area contributed by atoms with Crippen molar-refractivity contribution in [3.8, 4) is 0 Å². The third kappa shape index (κ3) is 5.96. The molecule has 0 aromatic heterocycles. The van der Waals surface area contributed by atoms with Crippen molar-refractivity contribution in [3.63, 3.8) is 0 Å². The Morgan fingerprint density at radius 2 is 1.86 bits per heavy atom. The van der Waals surface area contributed by atoms with Gasteiger partial charge in [0.1, 0.15) is 5.82 Å². The monoisotopic (exact) mass is 434 g/mol. The van der Waals surface area contributed by atoms with Crippen LogP contribution in [0.1, 0.15) is 43.0 Å². The number of rotatable bonds is 5. The molecule has 2 unspecified atom stereocenters. The van der Waals surface area contributed by atoms with Gasteiger partial charge in [-0.1, -0.05) is 19.8 Å². The summed E-state index contributed by atoms with van der Waals surface area (Å²) in [6.07, 6.45) is 4.29. The van der Waals surface area contributed by atoms with Gasteiger partial charge >= 0.3 is 0 Å². The van der Waals surface area contributed by atoms with Crippen molar-refractivity contribution in [2.45, 2.75) is 38.6 Å². The summed E-state index contributed by atoms with van der Waals surface area (Å²) < 4.78 is 14.6. The molecule has 0 spiro atoms. The number of anilines is 1. The fraction of sp³-hybridized carbons (Fsp3) is 0.650. The maximum absolute atomic E-state index is 14.6. The Morgan fingerprint density at radius 1 is 1.18 bits per heavy atom. The van der Waals surface area contributed by atoms with Gasteiger partial charge in [-0.2, -0.15) is 0 Å². The number of hydrogen-bond donors (Lipinski definition) is 2. The van der Waals surface area contributed by atoms with Crippen LogP contribution >= 0.6 is 24.8 Å². The van der Waals surface area contributed by atoms with Crippen molar-refractivity contribution in [2.24, 2.45) is 11.7 Å². The molecule has 0 bridgehead atoms. The molecule has 0 radical (unpaired) electrons. The first kappa shape index (κ1) is 25.0. The Morgan fingerprint density at radius 3 is 2.46 bits per heavy atom. The van der Waals surface area contributed by atoms with Crippen LogP contribution in [-0.2, 0) is 0 Å². The number of benzene rings is 1. The molecule has 5 nitrogen and oxygen atoms in total. The van der Waals surface area contributed by atoms with Crippen LogP contribution < -0.4 is 16.0 Å². The Hall–Kier alpha value is -1.08. The average molecular weight is 435 g/mol. The minimum atomic E-state index is -0.318. The first-order valence-electron chi connectivity index (χ1n) is 9.90.